The Morgan fingerprint density at radius 3 is 1.87 bits per heavy atom. The van der Waals surface area contributed by atoms with Crippen LogP contribution >= 0.6 is 0 Å². The number of carboxylic acid groups (broad SMARTS) is 1. The maximum absolute atomic E-state index is 12.5. The Labute approximate surface area is 170 Å². The molecule has 0 bridgehead atoms. The zero-order valence-electron chi connectivity index (χ0n) is 15.4. The lowest BCUT2D eigenvalue weighted by atomic mass is 10.2. The summed E-state index contributed by atoms with van der Waals surface area (Å²) in [4.78, 5) is 22.3. The molecular formula is C18H18F3N3O5S. The minimum Gasteiger partial charge on any atom is -0.481 e. The van der Waals surface area contributed by atoms with E-state index in [0.717, 1.165) is 24.3 Å². The molecule has 0 aliphatic carbocycles. The van der Waals surface area contributed by atoms with Gasteiger partial charge in [0.25, 0.3) is 0 Å². The number of sulfonamides is 1. The number of alkyl halides is 3. The molecule has 0 heterocycles. The van der Waals surface area contributed by atoms with Crippen molar-refractivity contribution in [1.29, 1.82) is 0 Å². The van der Waals surface area contributed by atoms with Crippen molar-refractivity contribution in [3.8, 4) is 0 Å². The van der Waals surface area contributed by atoms with Crippen LogP contribution < -0.4 is 15.4 Å². The Balaban J connectivity index is 1.91. The van der Waals surface area contributed by atoms with Gasteiger partial charge in [0.05, 0.1) is 10.5 Å². The molecule has 12 heteroatoms. The van der Waals surface area contributed by atoms with Gasteiger partial charge in [-0.2, -0.15) is 13.2 Å². The first-order valence-corrected chi connectivity index (χ1v) is 10.0. The average molecular weight is 445 g/mol. The number of urea groups is 1. The summed E-state index contributed by atoms with van der Waals surface area (Å²) in [6.07, 6.45) is -4.51. The summed E-state index contributed by atoms with van der Waals surface area (Å²) < 4.78 is 64.1. The van der Waals surface area contributed by atoms with Gasteiger partial charge in [-0.1, -0.05) is 0 Å². The molecule has 0 fully saturated rings. The van der Waals surface area contributed by atoms with Gasteiger partial charge in [-0.05, 0) is 55.0 Å². The van der Waals surface area contributed by atoms with E-state index in [1.807, 2.05) is 0 Å². The fraction of sp³-hybridized carbons (Fsp3) is 0.222. The number of rotatable bonds is 8. The first-order chi connectivity index (χ1) is 14.0. The van der Waals surface area contributed by atoms with Crippen molar-refractivity contribution in [1.82, 2.24) is 4.72 Å². The van der Waals surface area contributed by atoms with Gasteiger partial charge in [-0.15, -0.1) is 0 Å². The van der Waals surface area contributed by atoms with Gasteiger partial charge in [0.2, 0.25) is 10.0 Å². The monoisotopic (exact) mass is 445 g/mol. The van der Waals surface area contributed by atoms with Crippen molar-refractivity contribution in [3.05, 3.63) is 54.1 Å². The van der Waals surface area contributed by atoms with Gasteiger partial charge in [0, 0.05) is 24.3 Å². The molecule has 2 aromatic carbocycles. The summed E-state index contributed by atoms with van der Waals surface area (Å²) in [5.41, 5.74) is -0.448. The van der Waals surface area contributed by atoms with Crippen molar-refractivity contribution in [3.63, 3.8) is 0 Å². The summed E-state index contributed by atoms with van der Waals surface area (Å²) in [5.74, 6) is -1.03. The number of anilines is 2. The molecular weight excluding hydrogens is 427 g/mol. The largest absolute Gasteiger partial charge is 0.481 e. The molecule has 0 saturated heterocycles. The van der Waals surface area contributed by atoms with Crippen molar-refractivity contribution < 1.29 is 36.3 Å². The summed E-state index contributed by atoms with van der Waals surface area (Å²) in [7, 11) is -3.83. The van der Waals surface area contributed by atoms with Crippen LogP contribution in [0.5, 0.6) is 0 Å². The number of amides is 2. The lowest BCUT2D eigenvalue weighted by Crippen LogP contribution is -2.25. The second-order valence-electron chi connectivity index (χ2n) is 6.07. The van der Waals surface area contributed by atoms with Gasteiger partial charge >= 0.3 is 18.2 Å². The highest BCUT2D eigenvalue weighted by molar-refractivity contribution is 7.89. The lowest BCUT2D eigenvalue weighted by Gasteiger charge is -2.10. The number of hydrogen-bond acceptors (Lipinski definition) is 4. The Hall–Kier alpha value is -3.12. The summed E-state index contributed by atoms with van der Waals surface area (Å²) in [5, 5.41) is 13.3. The second kappa shape index (κ2) is 9.59. The van der Waals surface area contributed by atoms with Crippen LogP contribution in [0.2, 0.25) is 0 Å². The minimum absolute atomic E-state index is 0.0375. The van der Waals surface area contributed by atoms with Crippen LogP contribution in [0.15, 0.2) is 53.4 Å². The first-order valence-electron chi connectivity index (χ1n) is 8.54. The number of nitrogens with one attached hydrogen (secondary N) is 3. The molecule has 2 amide bonds. The first kappa shape index (κ1) is 23.2. The predicted octanol–water partition coefficient (Wildman–Crippen LogP) is 3.49. The Morgan fingerprint density at radius 1 is 0.900 bits per heavy atom. The zero-order valence-corrected chi connectivity index (χ0v) is 16.2. The highest BCUT2D eigenvalue weighted by atomic mass is 32.2. The number of halogens is 3. The molecule has 0 unspecified atom stereocenters. The van der Waals surface area contributed by atoms with Crippen molar-refractivity contribution >= 4 is 33.4 Å². The Kier molecular flexibility index (Phi) is 7.40. The smallest absolute Gasteiger partial charge is 0.416 e. The topological polar surface area (TPSA) is 125 Å². The molecule has 0 spiro atoms. The maximum atomic E-state index is 12.5. The van der Waals surface area contributed by atoms with E-state index in [0.29, 0.717) is 0 Å². The molecule has 0 atom stereocenters. The molecule has 2 aromatic rings. The van der Waals surface area contributed by atoms with E-state index in [9.17, 15) is 31.2 Å². The molecule has 0 radical (unpaired) electrons. The molecule has 2 rings (SSSR count). The minimum atomic E-state index is -4.48. The number of hydrogen-bond donors (Lipinski definition) is 4. The number of carbonyl (C=O) groups is 2. The van der Waals surface area contributed by atoms with Crippen LogP contribution in [0.25, 0.3) is 0 Å². The quantitative estimate of drug-likeness (QED) is 0.463. The van der Waals surface area contributed by atoms with Crippen molar-refractivity contribution in [2.45, 2.75) is 23.9 Å². The average Bonchev–Trinajstić information content (AvgIpc) is 2.65. The Morgan fingerprint density at radius 2 is 1.40 bits per heavy atom. The normalized spacial score (nSPS) is 11.7. The van der Waals surface area contributed by atoms with Gasteiger partial charge in [0.1, 0.15) is 0 Å². The maximum Gasteiger partial charge on any atom is 0.416 e. The van der Waals surface area contributed by atoms with Gasteiger partial charge in [0.15, 0.2) is 0 Å². The summed E-state index contributed by atoms with van der Waals surface area (Å²) >= 11 is 0. The molecule has 162 valence electrons. The number of carboxylic acids is 1. The third-order valence-corrected chi connectivity index (χ3v) is 5.23. The van der Waals surface area contributed by atoms with Crippen LogP contribution in [0, 0.1) is 0 Å². The lowest BCUT2D eigenvalue weighted by molar-refractivity contribution is -0.138. The third-order valence-electron chi connectivity index (χ3n) is 3.75. The van der Waals surface area contributed by atoms with Crippen molar-refractivity contribution in [2.75, 3.05) is 17.2 Å². The molecule has 8 nitrogen and oxygen atoms in total. The standard InChI is InChI=1S/C18H18F3N3O5S/c19-18(20,21)12-3-5-13(6-4-12)23-17(27)24-14-7-9-15(10-8-14)30(28,29)22-11-1-2-16(25)26/h3-10,22H,1-2,11H2,(H,25,26)(H2,23,24,27). The molecule has 30 heavy (non-hydrogen) atoms. The third kappa shape index (κ3) is 7.04. The number of aliphatic carboxylic acids is 1. The molecule has 0 aliphatic heterocycles. The van der Waals surface area contributed by atoms with Crippen LogP contribution in [0.1, 0.15) is 18.4 Å². The van der Waals surface area contributed by atoms with Crippen LogP contribution in [-0.2, 0) is 21.0 Å². The summed E-state index contributed by atoms with van der Waals surface area (Å²) in [6, 6.07) is 8.30. The van der Waals surface area contributed by atoms with E-state index >= 15 is 0 Å². The fourth-order valence-electron chi connectivity index (χ4n) is 2.28. The van der Waals surface area contributed by atoms with Gasteiger partial charge in [-0.3, -0.25) is 4.79 Å². The molecule has 0 aromatic heterocycles. The fourth-order valence-corrected chi connectivity index (χ4v) is 3.36. The van der Waals surface area contributed by atoms with Gasteiger partial charge < -0.3 is 15.7 Å². The summed E-state index contributed by atoms with van der Waals surface area (Å²) in [6.45, 7) is -0.0375. The highest BCUT2D eigenvalue weighted by Crippen LogP contribution is 2.29. The van der Waals surface area contributed by atoms with Gasteiger partial charge in [-0.25, -0.2) is 17.9 Å². The predicted molar refractivity (Wildman–Crippen MR) is 103 cm³/mol. The van der Waals surface area contributed by atoms with E-state index < -0.39 is 33.8 Å². The van der Waals surface area contributed by atoms with E-state index in [1.165, 1.54) is 24.3 Å². The zero-order chi connectivity index (χ0) is 22.4. The second-order valence-corrected chi connectivity index (χ2v) is 7.84. The number of carbonyl (C=O) groups excluding carboxylic acids is 1. The van der Waals surface area contributed by atoms with E-state index in [4.69, 9.17) is 5.11 Å². The molecule has 0 aliphatic rings. The molecule has 0 saturated carbocycles. The highest BCUT2D eigenvalue weighted by Gasteiger charge is 2.30. The molecule has 4 N–H and O–H groups in total. The Bertz CT molecular complexity index is 991. The number of benzene rings is 2. The van der Waals surface area contributed by atoms with Crippen LogP contribution in [-0.4, -0.2) is 32.1 Å². The van der Waals surface area contributed by atoms with Crippen molar-refractivity contribution in [2.24, 2.45) is 0 Å². The van der Waals surface area contributed by atoms with E-state index in [2.05, 4.69) is 15.4 Å². The van der Waals surface area contributed by atoms with E-state index in [1.54, 1.807) is 0 Å². The van der Waals surface area contributed by atoms with E-state index in [-0.39, 0.29) is 35.7 Å². The SMILES string of the molecule is O=C(O)CCCNS(=O)(=O)c1ccc(NC(=O)Nc2ccc(C(F)(F)F)cc2)cc1. The van der Waals surface area contributed by atoms with Crippen LogP contribution in [0.3, 0.4) is 0 Å². The van der Waals surface area contributed by atoms with Crippen LogP contribution in [0.4, 0.5) is 29.3 Å².